The Bertz CT molecular complexity index is 253. The van der Waals surface area contributed by atoms with E-state index in [1.165, 1.54) is 0 Å². The maximum atomic E-state index is 12.1. The van der Waals surface area contributed by atoms with Gasteiger partial charge in [0.15, 0.2) is 0 Å². The maximum absolute atomic E-state index is 12.1. The van der Waals surface area contributed by atoms with E-state index in [-0.39, 0.29) is 12.0 Å². The lowest BCUT2D eigenvalue weighted by Gasteiger charge is -2.35. The lowest BCUT2D eigenvalue weighted by atomic mass is 9.94. The first kappa shape index (κ1) is 10.9. The Morgan fingerprint density at radius 3 is 2.33 bits per heavy atom. The Morgan fingerprint density at radius 2 is 1.87 bits per heavy atom. The second-order valence-corrected chi connectivity index (χ2v) is 5.08. The predicted octanol–water partition coefficient (Wildman–Crippen LogP) is 0.0971. The van der Waals surface area contributed by atoms with Crippen LogP contribution in [-0.2, 0) is 4.79 Å². The quantitative estimate of drug-likeness (QED) is 0.682. The van der Waals surface area contributed by atoms with Gasteiger partial charge in [0.1, 0.15) is 0 Å². The van der Waals surface area contributed by atoms with Gasteiger partial charge < -0.3 is 15.7 Å². The third kappa shape index (κ3) is 2.16. The summed E-state index contributed by atoms with van der Waals surface area (Å²) in [6, 6.07) is 0. The fourth-order valence-corrected chi connectivity index (χ4v) is 2.27. The van der Waals surface area contributed by atoms with Gasteiger partial charge in [0.25, 0.3) is 0 Å². The van der Waals surface area contributed by atoms with Gasteiger partial charge in [-0.3, -0.25) is 4.79 Å². The summed E-state index contributed by atoms with van der Waals surface area (Å²) in [7, 11) is 0. The van der Waals surface area contributed by atoms with Crippen molar-refractivity contribution in [2.24, 2.45) is 11.7 Å². The first-order valence-electron chi connectivity index (χ1n) is 5.78. The molecule has 1 heterocycles. The number of likely N-dealkylation sites (tertiary alicyclic amines) is 1. The van der Waals surface area contributed by atoms with Crippen LogP contribution in [0.4, 0.5) is 0 Å². The van der Waals surface area contributed by atoms with Crippen LogP contribution in [0.2, 0.25) is 0 Å². The monoisotopic (exact) mass is 212 g/mol. The number of aliphatic hydroxyl groups is 1. The van der Waals surface area contributed by atoms with E-state index >= 15 is 0 Å². The lowest BCUT2D eigenvalue weighted by molar-refractivity contribution is -0.139. The molecule has 0 aromatic heterocycles. The van der Waals surface area contributed by atoms with E-state index in [2.05, 4.69) is 0 Å². The van der Waals surface area contributed by atoms with Crippen molar-refractivity contribution in [1.29, 1.82) is 0 Å². The van der Waals surface area contributed by atoms with Crippen LogP contribution in [-0.4, -0.2) is 40.6 Å². The van der Waals surface area contributed by atoms with E-state index in [9.17, 15) is 9.90 Å². The number of carbonyl (C=O) groups excluding carboxylic acids is 1. The standard InChI is InChI=1S/C11H20N2O2/c1-11(12,8-2-3-8)10(15)13-6-4-9(14)5-7-13/h8-9,14H,2-7,12H2,1H3. The second-order valence-electron chi connectivity index (χ2n) is 5.08. The number of aliphatic hydroxyl groups excluding tert-OH is 1. The Kier molecular flexibility index (Phi) is 2.73. The third-order valence-electron chi connectivity index (χ3n) is 3.64. The average molecular weight is 212 g/mol. The van der Waals surface area contributed by atoms with E-state index in [0.29, 0.717) is 31.8 Å². The summed E-state index contributed by atoms with van der Waals surface area (Å²) < 4.78 is 0. The molecule has 3 N–H and O–H groups in total. The number of nitrogens with two attached hydrogens (primary N) is 1. The largest absolute Gasteiger partial charge is 0.393 e. The molecule has 1 atom stereocenters. The minimum atomic E-state index is -0.678. The summed E-state index contributed by atoms with van der Waals surface area (Å²) in [6.45, 7) is 3.15. The second kappa shape index (κ2) is 3.76. The number of piperidine rings is 1. The fraction of sp³-hybridized carbons (Fsp3) is 0.909. The Morgan fingerprint density at radius 1 is 1.33 bits per heavy atom. The molecular weight excluding hydrogens is 192 g/mol. The molecule has 1 unspecified atom stereocenters. The van der Waals surface area contributed by atoms with Crippen LogP contribution in [0.5, 0.6) is 0 Å². The van der Waals surface area contributed by atoms with Crippen LogP contribution in [0.1, 0.15) is 32.6 Å². The highest BCUT2D eigenvalue weighted by Crippen LogP contribution is 2.39. The molecule has 1 saturated heterocycles. The van der Waals surface area contributed by atoms with Crippen LogP contribution in [0.3, 0.4) is 0 Å². The lowest BCUT2D eigenvalue weighted by Crippen LogP contribution is -2.56. The minimum absolute atomic E-state index is 0.0666. The van der Waals surface area contributed by atoms with Crippen molar-refractivity contribution >= 4 is 5.91 Å². The van der Waals surface area contributed by atoms with E-state index in [0.717, 1.165) is 12.8 Å². The topological polar surface area (TPSA) is 66.6 Å². The Hall–Kier alpha value is -0.610. The molecular formula is C11H20N2O2. The van der Waals surface area contributed by atoms with Crippen molar-refractivity contribution in [3.05, 3.63) is 0 Å². The summed E-state index contributed by atoms with van der Waals surface area (Å²) in [5.41, 5.74) is 5.40. The molecule has 0 radical (unpaired) electrons. The van der Waals surface area contributed by atoms with E-state index in [1.54, 1.807) is 0 Å². The summed E-state index contributed by atoms with van der Waals surface area (Å²) in [6.07, 6.45) is 3.29. The zero-order valence-corrected chi connectivity index (χ0v) is 9.28. The number of carbonyl (C=O) groups is 1. The summed E-state index contributed by atoms with van der Waals surface area (Å²) in [5, 5.41) is 9.36. The van der Waals surface area contributed by atoms with Crippen molar-refractivity contribution in [3.8, 4) is 0 Å². The third-order valence-corrected chi connectivity index (χ3v) is 3.64. The van der Waals surface area contributed by atoms with E-state index in [4.69, 9.17) is 5.73 Å². The van der Waals surface area contributed by atoms with E-state index in [1.807, 2.05) is 11.8 Å². The van der Waals surface area contributed by atoms with Crippen LogP contribution < -0.4 is 5.73 Å². The highest BCUT2D eigenvalue weighted by atomic mass is 16.3. The van der Waals surface area contributed by atoms with Crippen molar-refractivity contribution < 1.29 is 9.90 Å². The molecule has 1 aliphatic carbocycles. The summed E-state index contributed by atoms with van der Waals surface area (Å²) in [4.78, 5) is 13.9. The molecule has 0 spiro atoms. The van der Waals surface area contributed by atoms with Crippen LogP contribution in [0.25, 0.3) is 0 Å². The molecule has 2 fully saturated rings. The first-order valence-corrected chi connectivity index (χ1v) is 5.78. The van der Waals surface area contributed by atoms with Gasteiger partial charge in [0.05, 0.1) is 11.6 Å². The number of amides is 1. The molecule has 0 aromatic rings. The van der Waals surface area contributed by atoms with Crippen molar-refractivity contribution in [2.45, 2.75) is 44.2 Å². The maximum Gasteiger partial charge on any atom is 0.242 e. The molecule has 1 saturated carbocycles. The van der Waals surface area contributed by atoms with Crippen molar-refractivity contribution in [1.82, 2.24) is 4.90 Å². The Balaban J connectivity index is 1.95. The molecule has 4 nitrogen and oxygen atoms in total. The van der Waals surface area contributed by atoms with Gasteiger partial charge in [0, 0.05) is 13.1 Å². The molecule has 0 bridgehead atoms. The SMILES string of the molecule is CC(N)(C(=O)N1CCC(O)CC1)C1CC1. The fourth-order valence-electron chi connectivity index (χ4n) is 2.27. The Labute approximate surface area is 90.4 Å². The number of nitrogens with zero attached hydrogens (tertiary/aromatic N) is 1. The van der Waals surface area contributed by atoms with Gasteiger partial charge in [-0.05, 0) is 38.5 Å². The average Bonchev–Trinajstić information content (AvgIpc) is 3.01. The molecule has 2 aliphatic rings. The van der Waals surface area contributed by atoms with Gasteiger partial charge in [0.2, 0.25) is 5.91 Å². The van der Waals surface area contributed by atoms with Gasteiger partial charge in [-0.25, -0.2) is 0 Å². The zero-order valence-electron chi connectivity index (χ0n) is 9.28. The van der Waals surface area contributed by atoms with Crippen LogP contribution in [0.15, 0.2) is 0 Å². The van der Waals surface area contributed by atoms with Gasteiger partial charge in [-0.1, -0.05) is 0 Å². The molecule has 1 aliphatic heterocycles. The van der Waals surface area contributed by atoms with Crippen LogP contribution >= 0.6 is 0 Å². The molecule has 0 aromatic carbocycles. The van der Waals surface area contributed by atoms with Crippen molar-refractivity contribution in [2.75, 3.05) is 13.1 Å². The molecule has 1 amide bonds. The number of rotatable bonds is 2. The van der Waals surface area contributed by atoms with Gasteiger partial charge in [-0.2, -0.15) is 0 Å². The summed E-state index contributed by atoms with van der Waals surface area (Å²) in [5.74, 6) is 0.439. The molecule has 86 valence electrons. The first-order chi connectivity index (χ1) is 7.01. The predicted molar refractivity (Wildman–Crippen MR) is 57.1 cm³/mol. The minimum Gasteiger partial charge on any atom is -0.393 e. The zero-order chi connectivity index (χ0) is 11.1. The van der Waals surface area contributed by atoms with Gasteiger partial charge in [-0.15, -0.1) is 0 Å². The van der Waals surface area contributed by atoms with Crippen LogP contribution in [0, 0.1) is 5.92 Å². The smallest absolute Gasteiger partial charge is 0.242 e. The molecule has 15 heavy (non-hydrogen) atoms. The number of hydrogen-bond acceptors (Lipinski definition) is 3. The molecule has 2 rings (SSSR count). The van der Waals surface area contributed by atoms with Crippen molar-refractivity contribution in [3.63, 3.8) is 0 Å². The highest BCUT2D eigenvalue weighted by molar-refractivity contribution is 5.86. The number of hydrogen-bond donors (Lipinski definition) is 2. The van der Waals surface area contributed by atoms with Gasteiger partial charge >= 0.3 is 0 Å². The van der Waals surface area contributed by atoms with E-state index < -0.39 is 5.54 Å². The summed E-state index contributed by atoms with van der Waals surface area (Å²) >= 11 is 0. The highest BCUT2D eigenvalue weighted by Gasteiger charge is 2.46. The normalized spacial score (nSPS) is 27.5. The molecule has 4 heteroatoms.